The van der Waals surface area contributed by atoms with E-state index in [1.807, 2.05) is 37.5 Å². The second kappa shape index (κ2) is 6.02. The first-order chi connectivity index (χ1) is 9.10. The number of carbonyl (C=O) groups excluding carboxylic acids is 1. The molecule has 0 radical (unpaired) electrons. The minimum atomic E-state index is 0.0185. The van der Waals surface area contributed by atoms with E-state index in [0.717, 1.165) is 16.5 Å². The highest BCUT2D eigenvalue weighted by Crippen LogP contribution is 2.11. The second-order valence-corrected chi connectivity index (χ2v) is 5.07. The van der Waals surface area contributed by atoms with Crippen LogP contribution in [-0.4, -0.2) is 27.6 Å². The largest absolute Gasteiger partial charge is 0.337 e. The quantitative estimate of drug-likeness (QED) is 0.812. The van der Waals surface area contributed by atoms with E-state index in [2.05, 4.69) is 21.0 Å². The summed E-state index contributed by atoms with van der Waals surface area (Å²) >= 11 is 3.39. The Kier molecular flexibility index (Phi) is 4.37. The van der Waals surface area contributed by atoms with Crippen LogP contribution in [0.5, 0.6) is 0 Å². The molecule has 1 aromatic carbocycles. The Hall–Kier alpha value is -1.62. The van der Waals surface area contributed by atoms with Gasteiger partial charge in [0.25, 0.3) is 5.91 Å². The van der Waals surface area contributed by atoms with Gasteiger partial charge < -0.3 is 4.90 Å². The smallest absolute Gasteiger partial charge is 0.253 e. The molecular formula is C14H16BrN3O. The highest BCUT2D eigenvalue weighted by molar-refractivity contribution is 9.08. The molecule has 1 amide bonds. The number of alkyl halides is 1. The number of aryl methyl sites for hydroxylation is 1. The summed E-state index contributed by atoms with van der Waals surface area (Å²) in [6.45, 7) is 0.562. The van der Waals surface area contributed by atoms with Crippen molar-refractivity contribution in [2.45, 2.75) is 11.9 Å². The molecule has 0 fully saturated rings. The first-order valence-electron chi connectivity index (χ1n) is 5.98. The maximum Gasteiger partial charge on any atom is 0.253 e. The molecule has 0 bridgehead atoms. The molecule has 0 aliphatic rings. The standard InChI is InChI=1S/C14H16BrN3O/c1-17(9-12-8-16-18(2)10-12)14(19)13-5-3-11(7-15)4-6-13/h3-6,8,10H,7,9H2,1-2H3. The second-order valence-electron chi connectivity index (χ2n) is 4.51. The van der Waals surface area contributed by atoms with Gasteiger partial charge in [0.05, 0.1) is 6.20 Å². The van der Waals surface area contributed by atoms with E-state index >= 15 is 0 Å². The first kappa shape index (κ1) is 13.8. The van der Waals surface area contributed by atoms with Crippen LogP contribution in [0.3, 0.4) is 0 Å². The van der Waals surface area contributed by atoms with Gasteiger partial charge >= 0.3 is 0 Å². The van der Waals surface area contributed by atoms with Gasteiger partial charge in [0.15, 0.2) is 0 Å². The molecular weight excluding hydrogens is 306 g/mol. The fraction of sp³-hybridized carbons (Fsp3) is 0.286. The fourth-order valence-corrected chi connectivity index (χ4v) is 2.23. The van der Waals surface area contributed by atoms with E-state index < -0.39 is 0 Å². The monoisotopic (exact) mass is 321 g/mol. The molecule has 0 aliphatic carbocycles. The Morgan fingerprint density at radius 2 is 2.00 bits per heavy atom. The van der Waals surface area contributed by atoms with Gasteiger partial charge in [-0.15, -0.1) is 0 Å². The summed E-state index contributed by atoms with van der Waals surface area (Å²) in [5, 5.41) is 4.90. The molecule has 0 saturated heterocycles. The van der Waals surface area contributed by atoms with Crippen LogP contribution in [0, 0.1) is 0 Å². The lowest BCUT2D eigenvalue weighted by Gasteiger charge is -2.16. The average Bonchev–Trinajstić information content (AvgIpc) is 2.83. The number of hydrogen-bond acceptors (Lipinski definition) is 2. The topological polar surface area (TPSA) is 38.1 Å². The van der Waals surface area contributed by atoms with Crippen molar-refractivity contribution in [3.63, 3.8) is 0 Å². The van der Waals surface area contributed by atoms with E-state index in [0.29, 0.717) is 12.1 Å². The molecule has 2 rings (SSSR count). The van der Waals surface area contributed by atoms with Gasteiger partial charge in [0.2, 0.25) is 0 Å². The lowest BCUT2D eigenvalue weighted by atomic mass is 10.1. The van der Waals surface area contributed by atoms with Gasteiger partial charge in [-0.3, -0.25) is 9.48 Å². The van der Waals surface area contributed by atoms with Gasteiger partial charge in [-0.05, 0) is 17.7 Å². The Balaban J connectivity index is 2.05. The van der Waals surface area contributed by atoms with Crippen molar-refractivity contribution in [2.75, 3.05) is 7.05 Å². The predicted octanol–water partition coefficient (Wildman–Crippen LogP) is 2.59. The molecule has 4 nitrogen and oxygen atoms in total. The zero-order valence-electron chi connectivity index (χ0n) is 11.0. The summed E-state index contributed by atoms with van der Waals surface area (Å²) in [7, 11) is 3.66. The molecule has 1 heterocycles. The van der Waals surface area contributed by atoms with Gasteiger partial charge in [-0.1, -0.05) is 28.1 Å². The van der Waals surface area contributed by atoms with E-state index in [4.69, 9.17) is 0 Å². The number of amides is 1. The van der Waals surface area contributed by atoms with Crippen molar-refractivity contribution < 1.29 is 4.79 Å². The van der Waals surface area contributed by atoms with Crippen molar-refractivity contribution in [1.29, 1.82) is 0 Å². The molecule has 0 unspecified atom stereocenters. The number of rotatable bonds is 4. The molecule has 0 N–H and O–H groups in total. The molecule has 1 aromatic heterocycles. The fourth-order valence-electron chi connectivity index (χ4n) is 1.86. The first-order valence-corrected chi connectivity index (χ1v) is 7.10. The van der Waals surface area contributed by atoms with Crippen LogP contribution in [0.25, 0.3) is 0 Å². The van der Waals surface area contributed by atoms with E-state index in [9.17, 15) is 4.79 Å². The third-order valence-electron chi connectivity index (χ3n) is 2.88. The maximum absolute atomic E-state index is 12.2. The number of aromatic nitrogens is 2. The molecule has 0 atom stereocenters. The molecule has 100 valence electrons. The van der Waals surface area contributed by atoms with Crippen molar-refractivity contribution >= 4 is 21.8 Å². The molecule has 5 heteroatoms. The van der Waals surface area contributed by atoms with E-state index in [1.165, 1.54) is 0 Å². The van der Waals surface area contributed by atoms with Crippen LogP contribution in [0.2, 0.25) is 0 Å². The Labute approximate surface area is 121 Å². The molecule has 2 aromatic rings. The lowest BCUT2D eigenvalue weighted by Crippen LogP contribution is -2.26. The molecule has 0 saturated carbocycles. The average molecular weight is 322 g/mol. The Bertz CT molecular complexity index is 562. The van der Waals surface area contributed by atoms with Crippen molar-refractivity contribution in [3.8, 4) is 0 Å². The summed E-state index contributed by atoms with van der Waals surface area (Å²) in [5.74, 6) is 0.0185. The summed E-state index contributed by atoms with van der Waals surface area (Å²) in [5.41, 5.74) is 2.89. The van der Waals surface area contributed by atoms with Gasteiger partial charge in [0.1, 0.15) is 0 Å². The molecule has 0 aliphatic heterocycles. The number of hydrogen-bond donors (Lipinski definition) is 0. The lowest BCUT2D eigenvalue weighted by molar-refractivity contribution is 0.0785. The minimum absolute atomic E-state index is 0.0185. The van der Waals surface area contributed by atoms with Crippen LogP contribution in [0.1, 0.15) is 21.5 Å². The van der Waals surface area contributed by atoms with E-state index in [-0.39, 0.29) is 5.91 Å². The van der Waals surface area contributed by atoms with Crippen molar-refractivity contribution in [3.05, 3.63) is 53.3 Å². The van der Waals surface area contributed by atoms with E-state index in [1.54, 1.807) is 22.8 Å². The molecule has 19 heavy (non-hydrogen) atoms. The summed E-state index contributed by atoms with van der Waals surface area (Å²) in [4.78, 5) is 13.9. The Morgan fingerprint density at radius 3 is 2.53 bits per heavy atom. The van der Waals surface area contributed by atoms with Crippen LogP contribution < -0.4 is 0 Å². The van der Waals surface area contributed by atoms with Gasteiger partial charge in [-0.2, -0.15) is 5.10 Å². The SMILES string of the molecule is CN(Cc1cnn(C)c1)C(=O)c1ccc(CBr)cc1. The van der Waals surface area contributed by atoms with Crippen LogP contribution >= 0.6 is 15.9 Å². The number of carbonyl (C=O) groups is 1. The van der Waals surface area contributed by atoms with Gasteiger partial charge in [0, 0.05) is 43.3 Å². The summed E-state index contributed by atoms with van der Waals surface area (Å²) in [6, 6.07) is 7.64. The third kappa shape index (κ3) is 3.44. The Morgan fingerprint density at radius 1 is 1.32 bits per heavy atom. The van der Waals surface area contributed by atoms with Crippen molar-refractivity contribution in [2.24, 2.45) is 7.05 Å². The highest BCUT2D eigenvalue weighted by Gasteiger charge is 2.12. The number of benzene rings is 1. The minimum Gasteiger partial charge on any atom is -0.337 e. The maximum atomic E-state index is 12.2. The van der Waals surface area contributed by atoms with Gasteiger partial charge in [-0.25, -0.2) is 0 Å². The highest BCUT2D eigenvalue weighted by atomic mass is 79.9. The zero-order valence-corrected chi connectivity index (χ0v) is 12.6. The predicted molar refractivity (Wildman–Crippen MR) is 78.1 cm³/mol. The normalized spacial score (nSPS) is 10.5. The molecule has 0 spiro atoms. The zero-order chi connectivity index (χ0) is 13.8. The van der Waals surface area contributed by atoms with Crippen LogP contribution in [0.4, 0.5) is 0 Å². The van der Waals surface area contributed by atoms with Crippen molar-refractivity contribution in [1.82, 2.24) is 14.7 Å². The summed E-state index contributed by atoms with van der Waals surface area (Å²) in [6.07, 6.45) is 3.69. The summed E-state index contributed by atoms with van der Waals surface area (Å²) < 4.78 is 1.73. The van der Waals surface area contributed by atoms with Crippen LogP contribution in [-0.2, 0) is 18.9 Å². The number of nitrogens with zero attached hydrogens (tertiary/aromatic N) is 3. The van der Waals surface area contributed by atoms with Crippen LogP contribution in [0.15, 0.2) is 36.7 Å². The third-order valence-corrected chi connectivity index (χ3v) is 3.53. The number of halogens is 1.